The minimum absolute atomic E-state index is 0.228. The molecule has 1 saturated carbocycles. The zero-order chi connectivity index (χ0) is 15.0. The average Bonchev–Trinajstić information content (AvgIpc) is 2.87. The number of nitrogens with two attached hydrogens (primary N) is 1. The first-order valence-electron chi connectivity index (χ1n) is 7.36. The van der Waals surface area contributed by atoms with E-state index in [0.29, 0.717) is 5.56 Å². The van der Waals surface area contributed by atoms with Crippen molar-refractivity contribution < 1.29 is 14.6 Å². The molecule has 116 valence electrons. The van der Waals surface area contributed by atoms with E-state index in [4.69, 9.17) is 10.5 Å². The molecule has 3 rings (SSSR count). The number of methoxy groups -OCH3 is 1. The van der Waals surface area contributed by atoms with Crippen molar-refractivity contribution in [1.82, 2.24) is 4.37 Å². The largest absolute Gasteiger partial charge is 0.465 e. The Bertz CT molecular complexity index is 548. The quantitative estimate of drug-likeness (QED) is 0.807. The molecule has 2 unspecified atom stereocenters. The van der Waals surface area contributed by atoms with Gasteiger partial charge in [0.15, 0.2) is 5.82 Å². The van der Waals surface area contributed by atoms with Crippen molar-refractivity contribution in [2.24, 2.45) is 5.92 Å². The molecule has 0 amide bonds. The van der Waals surface area contributed by atoms with Gasteiger partial charge in [-0.05, 0) is 30.8 Å². The summed E-state index contributed by atoms with van der Waals surface area (Å²) in [5.41, 5.74) is 5.64. The van der Waals surface area contributed by atoms with Crippen molar-refractivity contribution in [3.63, 3.8) is 0 Å². The predicted octanol–water partition coefficient (Wildman–Crippen LogP) is 1.64. The van der Waals surface area contributed by atoms with Crippen LogP contribution in [0.3, 0.4) is 0 Å². The lowest BCUT2D eigenvalue weighted by Crippen LogP contribution is -2.53. The van der Waals surface area contributed by atoms with Gasteiger partial charge in [-0.25, -0.2) is 4.79 Å². The maximum absolute atomic E-state index is 11.9. The molecular formula is C14H21N3O3S. The SMILES string of the molecule is COC(=O)c1c(N)nsc1N1CCC2(O)CCCCC2C1. The van der Waals surface area contributed by atoms with E-state index in [1.54, 1.807) is 0 Å². The lowest BCUT2D eigenvalue weighted by Gasteiger charge is -2.47. The number of aromatic nitrogens is 1. The average molecular weight is 311 g/mol. The van der Waals surface area contributed by atoms with Gasteiger partial charge in [0.25, 0.3) is 0 Å². The Labute approximate surface area is 128 Å². The topological polar surface area (TPSA) is 88.7 Å². The van der Waals surface area contributed by atoms with Crippen LogP contribution in [0, 0.1) is 5.92 Å². The van der Waals surface area contributed by atoms with Crippen LogP contribution in [-0.2, 0) is 4.74 Å². The molecule has 3 N–H and O–H groups in total. The number of piperidine rings is 1. The second-order valence-electron chi connectivity index (χ2n) is 5.98. The number of hydrogen-bond donors (Lipinski definition) is 2. The van der Waals surface area contributed by atoms with Crippen molar-refractivity contribution in [3.8, 4) is 0 Å². The van der Waals surface area contributed by atoms with Gasteiger partial charge >= 0.3 is 5.97 Å². The smallest absolute Gasteiger partial charge is 0.344 e. The van der Waals surface area contributed by atoms with E-state index < -0.39 is 11.6 Å². The molecule has 7 heteroatoms. The van der Waals surface area contributed by atoms with Crippen molar-refractivity contribution in [2.75, 3.05) is 30.8 Å². The maximum atomic E-state index is 11.9. The van der Waals surface area contributed by atoms with E-state index in [0.717, 1.165) is 50.2 Å². The summed E-state index contributed by atoms with van der Waals surface area (Å²) in [7, 11) is 1.35. The van der Waals surface area contributed by atoms with Crippen LogP contribution in [0.2, 0.25) is 0 Å². The van der Waals surface area contributed by atoms with Crippen LogP contribution in [0.4, 0.5) is 10.8 Å². The third kappa shape index (κ3) is 2.48. The second kappa shape index (κ2) is 5.46. The molecule has 0 aromatic carbocycles. The molecule has 6 nitrogen and oxygen atoms in total. The number of hydrogen-bond acceptors (Lipinski definition) is 7. The zero-order valence-corrected chi connectivity index (χ0v) is 13.0. The van der Waals surface area contributed by atoms with Crippen LogP contribution in [0.25, 0.3) is 0 Å². The number of nitrogen functional groups attached to an aromatic ring is 1. The summed E-state index contributed by atoms with van der Waals surface area (Å²) in [5.74, 6) is 0.0425. The van der Waals surface area contributed by atoms with Gasteiger partial charge in [-0.15, -0.1) is 0 Å². The van der Waals surface area contributed by atoms with Gasteiger partial charge in [-0.1, -0.05) is 12.8 Å². The summed E-state index contributed by atoms with van der Waals surface area (Å²) >= 11 is 1.23. The summed E-state index contributed by atoms with van der Waals surface area (Å²) in [5, 5.41) is 11.5. The van der Waals surface area contributed by atoms with Crippen LogP contribution in [-0.4, -0.2) is 41.2 Å². The summed E-state index contributed by atoms with van der Waals surface area (Å²) < 4.78 is 8.90. The molecule has 0 spiro atoms. The Morgan fingerprint density at radius 1 is 1.52 bits per heavy atom. The van der Waals surface area contributed by atoms with Crippen molar-refractivity contribution in [2.45, 2.75) is 37.7 Å². The van der Waals surface area contributed by atoms with Gasteiger partial charge in [-0.2, -0.15) is 4.37 Å². The highest BCUT2D eigenvalue weighted by molar-refractivity contribution is 7.11. The number of esters is 1. The van der Waals surface area contributed by atoms with Gasteiger partial charge in [-0.3, -0.25) is 0 Å². The zero-order valence-electron chi connectivity index (χ0n) is 12.2. The highest BCUT2D eigenvalue weighted by Gasteiger charge is 2.43. The third-order valence-electron chi connectivity index (χ3n) is 4.80. The predicted molar refractivity (Wildman–Crippen MR) is 81.6 cm³/mol. The molecule has 2 aliphatic rings. The van der Waals surface area contributed by atoms with Gasteiger partial charge in [0.05, 0.1) is 12.7 Å². The van der Waals surface area contributed by atoms with Crippen LogP contribution >= 0.6 is 11.5 Å². The number of carbonyl (C=O) groups is 1. The molecule has 2 fully saturated rings. The molecule has 1 saturated heterocycles. The summed E-state index contributed by atoms with van der Waals surface area (Å²) in [6, 6.07) is 0. The molecule has 0 bridgehead atoms. The number of aliphatic hydroxyl groups is 1. The summed E-state index contributed by atoms with van der Waals surface area (Å²) in [4.78, 5) is 14.0. The Hall–Kier alpha value is -1.34. The van der Waals surface area contributed by atoms with Gasteiger partial charge in [0.2, 0.25) is 0 Å². The molecule has 1 aliphatic carbocycles. The molecule has 1 aromatic heterocycles. The van der Waals surface area contributed by atoms with Crippen molar-refractivity contribution in [3.05, 3.63) is 5.56 Å². The second-order valence-corrected chi connectivity index (χ2v) is 6.73. The standard InChI is InChI=1S/C14H21N3O3S/c1-20-13(18)10-11(15)16-21-12(10)17-7-6-14(19)5-3-2-4-9(14)8-17/h9,19H,2-8H2,1H3,(H2,15,16). The van der Waals surface area contributed by atoms with E-state index in [1.165, 1.54) is 18.6 Å². The highest BCUT2D eigenvalue weighted by Crippen LogP contribution is 2.42. The van der Waals surface area contributed by atoms with E-state index in [9.17, 15) is 9.90 Å². The first-order valence-corrected chi connectivity index (χ1v) is 8.13. The molecule has 1 aromatic rings. The highest BCUT2D eigenvalue weighted by atomic mass is 32.1. The maximum Gasteiger partial charge on any atom is 0.344 e. The minimum Gasteiger partial charge on any atom is -0.465 e. The Morgan fingerprint density at radius 2 is 2.33 bits per heavy atom. The Balaban J connectivity index is 1.84. The van der Waals surface area contributed by atoms with Gasteiger partial charge in [0, 0.05) is 19.0 Å². The van der Waals surface area contributed by atoms with Crippen LogP contribution in [0.5, 0.6) is 0 Å². The van der Waals surface area contributed by atoms with Crippen molar-refractivity contribution in [1.29, 1.82) is 0 Å². The summed E-state index contributed by atoms with van der Waals surface area (Å²) in [6.07, 6.45) is 4.93. The fraction of sp³-hybridized carbons (Fsp3) is 0.714. The van der Waals surface area contributed by atoms with E-state index in [1.807, 2.05) is 0 Å². The molecule has 2 atom stereocenters. The van der Waals surface area contributed by atoms with Crippen LogP contribution in [0.1, 0.15) is 42.5 Å². The monoisotopic (exact) mass is 311 g/mol. The van der Waals surface area contributed by atoms with E-state index in [-0.39, 0.29) is 11.7 Å². The third-order valence-corrected chi connectivity index (χ3v) is 5.73. The first kappa shape index (κ1) is 14.6. The molecular weight excluding hydrogens is 290 g/mol. The van der Waals surface area contributed by atoms with Gasteiger partial charge < -0.3 is 20.5 Å². The lowest BCUT2D eigenvalue weighted by atomic mass is 9.71. The van der Waals surface area contributed by atoms with E-state index >= 15 is 0 Å². The number of ether oxygens (including phenoxy) is 1. The molecule has 2 heterocycles. The normalized spacial score (nSPS) is 29.0. The Morgan fingerprint density at radius 3 is 3.10 bits per heavy atom. The molecule has 21 heavy (non-hydrogen) atoms. The fourth-order valence-electron chi connectivity index (χ4n) is 3.56. The Kier molecular flexibility index (Phi) is 3.79. The van der Waals surface area contributed by atoms with Gasteiger partial charge in [0.1, 0.15) is 10.6 Å². The minimum atomic E-state index is -0.531. The lowest BCUT2D eigenvalue weighted by molar-refractivity contribution is -0.0611. The molecule has 0 radical (unpaired) electrons. The van der Waals surface area contributed by atoms with E-state index in [2.05, 4.69) is 9.27 Å². The number of carbonyl (C=O) groups excluding carboxylic acids is 1. The van der Waals surface area contributed by atoms with Crippen LogP contribution < -0.4 is 10.6 Å². The van der Waals surface area contributed by atoms with Crippen molar-refractivity contribution >= 4 is 28.3 Å². The number of rotatable bonds is 2. The number of fused-ring (bicyclic) bond motifs is 1. The number of anilines is 2. The fourth-order valence-corrected chi connectivity index (χ4v) is 4.39. The summed E-state index contributed by atoms with van der Waals surface area (Å²) in [6.45, 7) is 1.47. The van der Waals surface area contributed by atoms with Crippen LogP contribution in [0.15, 0.2) is 0 Å². The molecule has 1 aliphatic heterocycles. The first-order chi connectivity index (χ1) is 10.0. The number of nitrogens with zero attached hydrogens (tertiary/aromatic N) is 2.